The molecule has 3 heteroatoms. The van der Waals surface area contributed by atoms with Gasteiger partial charge >= 0.3 is 0 Å². The Bertz CT molecular complexity index is 288. The SMILES string of the molecule is CC[C@@H](N)c1cccc(OC)c1Br. The van der Waals surface area contributed by atoms with Gasteiger partial charge in [0.1, 0.15) is 5.75 Å². The molecule has 1 rings (SSSR count). The molecule has 0 aliphatic carbocycles. The summed E-state index contributed by atoms with van der Waals surface area (Å²) in [6, 6.07) is 5.95. The van der Waals surface area contributed by atoms with Gasteiger partial charge in [0.25, 0.3) is 0 Å². The van der Waals surface area contributed by atoms with Crippen LogP contribution in [0.3, 0.4) is 0 Å². The minimum Gasteiger partial charge on any atom is -0.496 e. The van der Waals surface area contributed by atoms with E-state index in [0.29, 0.717) is 0 Å². The molecule has 0 aliphatic heterocycles. The smallest absolute Gasteiger partial charge is 0.133 e. The van der Waals surface area contributed by atoms with Crippen LogP contribution in [0.1, 0.15) is 24.9 Å². The number of hydrogen-bond acceptors (Lipinski definition) is 2. The van der Waals surface area contributed by atoms with E-state index in [1.165, 1.54) is 0 Å². The second kappa shape index (κ2) is 4.63. The van der Waals surface area contributed by atoms with Crippen molar-refractivity contribution in [1.29, 1.82) is 0 Å². The van der Waals surface area contributed by atoms with Gasteiger partial charge in [-0.1, -0.05) is 19.1 Å². The molecule has 0 spiro atoms. The van der Waals surface area contributed by atoms with Gasteiger partial charge in [0, 0.05) is 6.04 Å². The highest BCUT2D eigenvalue weighted by Gasteiger charge is 2.10. The predicted molar refractivity (Wildman–Crippen MR) is 57.9 cm³/mol. The standard InChI is InChI=1S/C10H14BrNO/c1-3-8(12)7-5-4-6-9(13-2)10(7)11/h4-6,8H,3,12H2,1-2H3/t8-/m1/s1. The lowest BCUT2D eigenvalue weighted by Gasteiger charge is -2.13. The molecule has 2 nitrogen and oxygen atoms in total. The number of nitrogens with two attached hydrogens (primary N) is 1. The molecule has 0 amide bonds. The van der Waals surface area contributed by atoms with Gasteiger partial charge in [-0.05, 0) is 34.0 Å². The number of rotatable bonds is 3. The van der Waals surface area contributed by atoms with Crippen molar-refractivity contribution in [1.82, 2.24) is 0 Å². The molecule has 0 saturated carbocycles. The molecule has 0 fully saturated rings. The third-order valence-electron chi connectivity index (χ3n) is 2.05. The van der Waals surface area contributed by atoms with Gasteiger partial charge in [0.2, 0.25) is 0 Å². The van der Waals surface area contributed by atoms with Gasteiger partial charge in [-0.2, -0.15) is 0 Å². The normalized spacial score (nSPS) is 12.6. The van der Waals surface area contributed by atoms with Crippen LogP contribution in [0.25, 0.3) is 0 Å². The van der Waals surface area contributed by atoms with Crippen molar-refractivity contribution >= 4 is 15.9 Å². The summed E-state index contributed by atoms with van der Waals surface area (Å²) in [4.78, 5) is 0. The monoisotopic (exact) mass is 243 g/mol. The van der Waals surface area contributed by atoms with Gasteiger partial charge < -0.3 is 10.5 Å². The van der Waals surface area contributed by atoms with Crippen molar-refractivity contribution < 1.29 is 4.74 Å². The fraction of sp³-hybridized carbons (Fsp3) is 0.400. The van der Waals surface area contributed by atoms with Gasteiger partial charge in [-0.15, -0.1) is 0 Å². The first-order valence-corrected chi connectivity index (χ1v) is 5.08. The second-order valence-electron chi connectivity index (χ2n) is 2.88. The number of benzene rings is 1. The zero-order valence-corrected chi connectivity index (χ0v) is 9.47. The number of hydrogen-bond donors (Lipinski definition) is 1. The van der Waals surface area contributed by atoms with E-state index < -0.39 is 0 Å². The van der Waals surface area contributed by atoms with E-state index >= 15 is 0 Å². The van der Waals surface area contributed by atoms with Crippen LogP contribution in [0.4, 0.5) is 0 Å². The van der Waals surface area contributed by atoms with Gasteiger partial charge in [-0.3, -0.25) is 0 Å². The van der Waals surface area contributed by atoms with Crippen molar-refractivity contribution in [3.63, 3.8) is 0 Å². The average molecular weight is 244 g/mol. The van der Waals surface area contributed by atoms with E-state index in [9.17, 15) is 0 Å². The lowest BCUT2D eigenvalue weighted by Crippen LogP contribution is -2.09. The van der Waals surface area contributed by atoms with Crippen molar-refractivity contribution in [3.05, 3.63) is 28.2 Å². The van der Waals surface area contributed by atoms with Crippen molar-refractivity contribution in [2.24, 2.45) is 5.73 Å². The molecular formula is C10H14BrNO. The maximum absolute atomic E-state index is 5.93. The Morgan fingerprint density at radius 2 is 2.23 bits per heavy atom. The fourth-order valence-corrected chi connectivity index (χ4v) is 1.91. The summed E-state index contributed by atoms with van der Waals surface area (Å²) in [7, 11) is 1.65. The summed E-state index contributed by atoms with van der Waals surface area (Å²) in [5.41, 5.74) is 7.03. The summed E-state index contributed by atoms with van der Waals surface area (Å²) < 4.78 is 6.14. The summed E-state index contributed by atoms with van der Waals surface area (Å²) in [5, 5.41) is 0. The van der Waals surface area contributed by atoms with E-state index in [1.54, 1.807) is 7.11 Å². The topological polar surface area (TPSA) is 35.2 Å². The molecule has 0 aromatic heterocycles. The van der Waals surface area contributed by atoms with Crippen molar-refractivity contribution in [2.45, 2.75) is 19.4 Å². The summed E-state index contributed by atoms with van der Waals surface area (Å²) in [6.07, 6.45) is 0.922. The van der Waals surface area contributed by atoms with Gasteiger partial charge in [-0.25, -0.2) is 0 Å². The van der Waals surface area contributed by atoms with Crippen molar-refractivity contribution in [3.8, 4) is 5.75 Å². The Balaban J connectivity index is 3.08. The Hall–Kier alpha value is -0.540. The minimum atomic E-state index is 0.0736. The zero-order valence-electron chi connectivity index (χ0n) is 7.88. The zero-order chi connectivity index (χ0) is 9.84. The highest BCUT2D eigenvalue weighted by molar-refractivity contribution is 9.10. The quantitative estimate of drug-likeness (QED) is 0.887. The van der Waals surface area contributed by atoms with E-state index in [4.69, 9.17) is 10.5 Å². The van der Waals surface area contributed by atoms with E-state index in [0.717, 1.165) is 22.2 Å². The number of ether oxygens (including phenoxy) is 1. The fourth-order valence-electron chi connectivity index (χ4n) is 1.19. The third kappa shape index (κ3) is 2.23. The predicted octanol–water partition coefficient (Wildman–Crippen LogP) is 2.87. The summed E-state index contributed by atoms with van der Waals surface area (Å²) >= 11 is 3.48. The van der Waals surface area contributed by atoms with Crippen LogP contribution in [0.2, 0.25) is 0 Å². The van der Waals surface area contributed by atoms with Crippen LogP contribution in [0.15, 0.2) is 22.7 Å². The molecule has 1 atom stereocenters. The largest absolute Gasteiger partial charge is 0.496 e. The van der Waals surface area contributed by atoms with Gasteiger partial charge in [0.05, 0.1) is 11.6 Å². The average Bonchev–Trinajstić information content (AvgIpc) is 2.17. The lowest BCUT2D eigenvalue weighted by atomic mass is 10.1. The van der Waals surface area contributed by atoms with E-state index in [2.05, 4.69) is 22.9 Å². The first-order valence-electron chi connectivity index (χ1n) is 4.28. The van der Waals surface area contributed by atoms with Crippen LogP contribution in [-0.2, 0) is 0 Å². The highest BCUT2D eigenvalue weighted by atomic mass is 79.9. The molecule has 0 radical (unpaired) electrons. The summed E-state index contributed by atoms with van der Waals surface area (Å²) in [6.45, 7) is 2.07. The molecule has 0 heterocycles. The molecule has 1 aromatic rings. The van der Waals surface area contributed by atoms with Crippen LogP contribution in [-0.4, -0.2) is 7.11 Å². The first kappa shape index (κ1) is 10.5. The molecule has 0 unspecified atom stereocenters. The second-order valence-corrected chi connectivity index (χ2v) is 3.67. The van der Waals surface area contributed by atoms with Crippen LogP contribution < -0.4 is 10.5 Å². The lowest BCUT2D eigenvalue weighted by molar-refractivity contribution is 0.411. The molecule has 2 N–H and O–H groups in total. The Kier molecular flexibility index (Phi) is 3.75. The maximum atomic E-state index is 5.93. The summed E-state index contributed by atoms with van der Waals surface area (Å²) in [5.74, 6) is 0.835. The highest BCUT2D eigenvalue weighted by Crippen LogP contribution is 2.32. The van der Waals surface area contributed by atoms with E-state index in [1.807, 2.05) is 18.2 Å². The Morgan fingerprint density at radius 3 is 2.77 bits per heavy atom. The third-order valence-corrected chi connectivity index (χ3v) is 2.90. The van der Waals surface area contributed by atoms with Crippen LogP contribution >= 0.6 is 15.9 Å². The Labute approximate surface area is 87.2 Å². The molecule has 0 saturated heterocycles. The molecule has 13 heavy (non-hydrogen) atoms. The first-order chi connectivity index (χ1) is 6.20. The Morgan fingerprint density at radius 1 is 1.54 bits per heavy atom. The molecule has 1 aromatic carbocycles. The van der Waals surface area contributed by atoms with Crippen LogP contribution in [0, 0.1) is 0 Å². The minimum absolute atomic E-state index is 0.0736. The molecule has 0 bridgehead atoms. The maximum Gasteiger partial charge on any atom is 0.133 e. The number of halogens is 1. The van der Waals surface area contributed by atoms with Crippen LogP contribution in [0.5, 0.6) is 5.75 Å². The van der Waals surface area contributed by atoms with E-state index in [-0.39, 0.29) is 6.04 Å². The molecule has 72 valence electrons. The van der Waals surface area contributed by atoms with Gasteiger partial charge in [0.15, 0.2) is 0 Å². The van der Waals surface area contributed by atoms with Crippen molar-refractivity contribution in [2.75, 3.05) is 7.11 Å². The molecular weight excluding hydrogens is 230 g/mol. The molecule has 0 aliphatic rings. The number of methoxy groups -OCH3 is 1.